The molecule has 2 N–H and O–H groups in total. The number of rotatable bonds is 7. The Morgan fingerprint density at radius 2 is 1.98 bits per heavy atom. The number of ether oxygens (including phenoxy) is 2. The zero-order valence-corrected chi connectivity index (χ0v) is 27.2. The minimum atomic E-state index is -1.28. The summed E-state index contributed by atoms with van der Waals surface area (Å²) in [6, 6.07) is 10.1. The zero-order valence-electron chi connectivity index (χ0n) is 25.4. The molecule has 3 aromatic rings. The monoisotopic (exact) mass is 609 g/mol. The van der Waals surface area contributed by atoms with Crippen molar-refractivity contribution in [2.45, 2.75) is 66.0 Å². The number of pyridine rings is 1. The number of aromatic nitrogens is 3. The van der Waals surface area contributed by atoms with E-state index < -0.39 is 19.6 Å². The molecule has 2 bridgehead atoms. The molecule has 0 saturated heterocycles. The minimum absolute atomic E-state index is 0.133. The van der Waals surface area contributed by atoms with Gasteiger partial charge in [0, 0.05) is 48.8 Å². The second-order valence-corrected chi connectivity index (χ2v) is 18.4. The van der Waals surface area contributed by atoms with Gasteiger partial charge in [0.15, 0.2) is 0 Å². The van der Waals surface area contributed by atoms with Crippen LogP contribution in [0, 0.1) is 12.3 Å². The molecular weight excluding hydrogens is 570 g/mol. The maximum absolute atomic E-state index is 13.6. The van der Waals surface area contributed by atoms with Crippen LogP contribution in [0.2, 0.25) is 30.7 Å². The van der Waals surface area contributed by atoms with Crippen molar-refractivity contribution in [2.24, 2.45) is 5.41 Å². The van der Waals surface area contributed by atoms with E-state index in [0.717, 1.165) is 34.4 Å². The highest BCUT2D eigenvalue weighted by Gasteiger charge is 2.30. The maximum Gasteiger partial charge on any atom is 0.411 e. The Labute approximate surface area is 253 Å². The van der Waals surface area contributed by atoms with Crippen LogP contribution in [0.4, 0.5) is 16.2 Å². The number of anilines is 2. The summed E-state index contributed by atoms with van der Waals surface area (Å²) < 4.78 is 13.1. The molecule has 0 aliphatic carbocycles. The van der Waals surface area contributed by atoms with E-state index in [-0.39, 0.29) is 5.91 Å². The number of benzene rings is 1. The Bertz CT molecular complexity index is 1490. The fourth-order valence-electron chi connectivity index (χ4n) is 4.62. The van der Waals surface area contributed by atoms with Crippen molar-refractivity contribution in [1.82, 2.24) is 14.5 Å². The summed E-state index contributed by atoms with van der Waals surface area (Å²) in [7, 11) is 0.0268. The number of hydrogen-bond donors (Lipinski definition) is 2. The van der Waals surface area contributed by atoms with Crippen molar-refractivity contribution >= 4 is 48.6 Å². The molecule has 1 aliphatic rings. The summed E-state index contributed by atoms with van der Waals surface area (Å²) in [4.78, 5) is 35.3. The molecule has 1 aliphatic heterocycles. The van der Waals surface area contributed by atoms with E-state index in [0.29, 0.717) is 48.3 Å². The van der Waals surface area contributed by atoms with E-state index in [1.165, 1.54) is 7.11 Å². The third-order valence-electron chi connectivity index (χ3n) is 7.37. The number of hydrogen-bond acceptors (Lipinski definition) is 6. The maximum atomic E-state index is 13.6. The Morgan fingerprint density at radius 3 is 2.64 bits per heavy atom. The third kappa shape index (κ3) is 7.48. The quantitative estimate of drug-likeness (QED) is 0.211. The fourth-order valence-corrected chi connectivity index (χ4v) is 5.48. The van der Waals surface area contributed by atoms with E-state index >= 15 is 0 Å². The Kier molecular flexibility index (Phi) is 9.59. The Hall–Kier alpha value is -3.47. The molecule has 1 aromatic carbocycles. The SMILES string of the molecule is COC(=O)Nc1ccc2c(c1)NC(=O)C(C)(C)CC/C=C(/c1ccc(Cl)cn1)c1nc-2c(C)n1COCC[Si](C)(C)C. The third-order valence-corrected chi connectivity index (χ3v) is 9.30. The molecule has 0 unspecified atom stereocenters. The van der Waals surface area contributed by atoms with Crippen molar-refractivity contribution in [3.63, 3.8) is 0 Å². The summed E-state index contributed by atoms with van der Waals surface area (Å²) >= 11 is 6.19. The van der Waals surface area contributed by atoms with E-state index in [2.05, 4.69) is 45.9 Å². The first-order chi connectivity index (χ1) is 19.8. The van der Waals surface area contributed by atoms with Crippen LogP contribution in [0.1, 0.15) is 43.9 Å². The van der Waals surface area contributed by atoms with E-state index in [1.54, 1.807) is 18.3 Å². The van der Waals surface area contributed by atoms with Crippen LogP contribution in [0.5, 0.6) is 0 Å². The van der Waals surface area contributed by atoms with Gasteiger partial charge in [-0.05, 0) is 56.1 Å². The second kappa shape index (κ2) is 12.8. The first-order valence-corrected chi connectivity index (χ1v) is 18.2. The molecule has 0 fully saturated rings. The summed E-state index contributed by atoms with van der Waals surface area (Å²) in [5, 5.41) is 6.34. The molecule has 0 saturated carbocycles. The average Bonchev–Trinajstić information content (AvgIpc) is 3.24. The molecule has 224 valence electrons. The van der Waals surface area contributed by atoms with Crippen molar-refractivity contribution in [2.75, 3.05) is 24.4 Å². The number of carbonyl (C=O) groups excluding carboxylic acids is 2. The van der Waals surface area contributed by atoms with Gasteiger partial charge in [-0.15, -0.1) is 0 Å². The fraction of sp³-hybridized carbons (Fsp3) is 0.419. The molecule has 9 nitrogen and oxygen atoms in total. The summed E-state index contributed by atoms with van der Waals surface area (Å²) in [6.45, 7) is 13.8. The lowest BCUT2D eigenvalue weighted by Crippen LogP contribution is -2.31. The van der Waals surface area contributed by atoms with Gasteiger partial charge in [-0.25, -0.2) is 9.78 Å². The molecule has 0 spiro atoms. The number of imidazole rings is 1. The topological polar surface area (TPSA) is 107 Å². The number of allylic oxidation sites excluding steroid dienone is 1. The van der Waals surface area contributed by atoms with Crippen molar-refractivity contribution < 1.29 is 19.1 Å². The molecule has 11 heteroatoms. The molecule has 0 atom stereocenters. The zero-order chi connectivity index (χ0) is 30.7. The smallest absolute Gasteiger partial charge is 0.411 e. The molecule has 2 amide bonds. The number of amides is 2. The van der Waals surface area contributed by atoms with Gasteiger partial charge < -0.3 is 19.4 Å². The van der Waals surface area contributed by atoms with Crippen LogP contribution in [0.15, 0.2) is 42.6 Å². The van der Waals surface area contributed by atoms with Crippen molar-refractivity contribution in [3.05, 3.63) is 64.8 Å². The lowest BCUT2D eigenvalue weighted by Gasteiger charge is -2.24. The molecule has 2 aromatic heterocycles. The van der Waals surface area contributed by atoms with Crippen LogP contribution in [-0.2, 0) is 21.0 Å². The number of methoxy groups -OCH3 is 1. The molecule has 42 heavy (non-hydrogen) atoms. The number of fused-ring (bicyclic) bond motifs is 4. The van der Waals surface area contributed by atoms with Gasteiger partial charge >= 0.3 is 6.09 Å². The lowest BCUT2D eigenvalue weighted by atomic mass is 9.86. The summed E-state index contributed by atoms with van der Waals surface area (Å²) in [6.07, 6.45) is 4.33. The number of nitrogens with zero attached hydrogens (tertiary/aromatic N) is 3. The van der Waals surface area contributed by atoms with Crippen LogP contribution < -0.4 is 10.6 Å². The first kappa shape index (κ1) is 31.5. The number of carbonyl (C=O) groups is 2. The lowest BCUT2D eigenvalue weighted by molar-refractivity contribution is -0.124. The van der Waals surface area contributed by atoms with Crippen LogP contribution in [-0.4, -0.2) is 48.3 Å². The van der Waals surface area contributed by atoms with Gasteiger partial charge in [-0.2, -0.15) is 0 Å². The van der Waals surface area contributed by atoms with Gasteiger partial charge in [0.1, 0.15) is 12.6 Å². The summed E-state index contributed by atoms with van der Waals surface area (Å²) in [5.74, 6) is 0.587. The van der Waals surface area contributed by atoms with Gasteiger partial charge in [-0.1, -0.05) is 51.2 Å². The highest BCUT2D eigenvalue weighted by atomic mass is 35.5. The Balaban J connectivity index is 1.90. The van der Waals surface area contributed by atoms with Crippen LogP contribution >= 0.6 is 11.6 Å². The van der Waals surface area contributed by atoms with Crippen LogP contribution in [0.25, 0.3) is 16.8 Å². The highest BCUT2D eigenvalue weighted by molar-refractivity contribution is 6.76. The normalized spacial score (nSPS) is 16.3. The average molecular weight is 610 g/mol. The molecular formula is C31H40ClN5O4Si. The van der Waals surface area contributed by atoms with E-state index in [9.17, 15) is 9.59 Å². The highest BCUT2D eigenvalue weighted by Crippen LogP contribution is 2.38. The largest absolute Gasteiger partial charge is 0.453 e. The molecule has 3 heterocycles. The minimum Gasteiger partial charge on any atom is -0.453 e. The number of nitrogens with one attached hydrogen (secondary N) is 2. The van der Waals surface area contributed by atoms with Gasteiger partial charge in [0.25, 0.3) is 0 Å². The van der Waals surface area contributed by atoms with E-state index in [1.807, 2.05) is 39.0 Å². The van der Waals surface area contributed by atoms with Gasteiger partial charge in [0.2, 0.25) is 5.91 Å². The predicted molar refractivity (Wildman–Crippen MR) is 171 cm³/mol. The number of halogens is 1. The summed E-state index contributed by atoms with van der Waals surface area (Å²) in [5.41, 5.74) is 4.21. The molecule has 4 rings (SSSR count). The first-order valence-electron chi connectivity index (χ1n) is 14.1. The van der Waals surface area contributed by atoms with E-state index in [4.69, 9.17) is 26.1 Å². The van der Waals surface area contributed by atoms with Crippen molar-refractivity contribution in [1.29, 1.82) is 0 Å². The van der Waals surface area contributed by atoms with Crippen LogP contribution in [0.3, 0.4) is 0 Å². The molecule has 0 radical (unpaired) electrons. The van der Waals surface area contributed by atoms with Gasteiger partial charge in [-0.3, -0.25) is 15.1 Å². The van der Waals surface area contributed by atoms with Crippen molar-refractivity contribution in [3.8, 4) is 11.3 Å². The predicted octanol–water partition coefficient (Wildman–Crippen LogP) is 7.59. The second-order valence-electron chi connectivity index (χ2n) is 12.4. The standard InChI is InChI=1S/C31H40ClN5O4Si/c1-20-27-23-12-11-22(34-30(39)40-4)17-26(23)35-29(38)31(2,3)14-8-9-24(25-13-10-21(32)18-33-25)28(36-27)37(20)19-41-15-16-42(5,6)7/h9-13,17-18H,8,14-16,19H2,1-7H3,(H,34,39)(H,35,38)/b24-9-. The van der Waals surface area contributed by atoms with Gasteiger partial charge in [0.05, 0.1) is 29.2 Å². The Morgan fingerprint density at radius 1 is 1.21 bits per heavy atom.